The van der Waals surface area contributed by atoms with Gasteiger partial charge in [0.2, 0.25) is 0 Å². The molecule has 1 aliphatic carbocycles. The van der Waals surface area contributed by atoms with Crippen molar-refractivity contribution in [2.24, 2.45) is 0 Å². The van der Waals surface area contributed by atoms with E-state index in [0.717, 1.165) is 13.1 Å². The highest BCUT2D eigenvalue weighted by Crippen LogP contribution is 2.39. The van der Waals surface area contributed by atoms with Crippen molar-refractivity contribution < 1.29 is 4.74 Å². The van der Waals surface area contributed by atoms with Gasteiger partial charge in [0.05, 0.1) is 11.7 Å². The molecule has 0 amide bonds. The van der Waals surface area contributed by atoms with Gasteiger partial charge >= 0.3 is 0 Å². The Hall–Kier alpha value is -0.860. The van der Waals surface area contributed by atoms with E-state index in [9.17, 15) is 0 Å². The monoisotopic (exact) mass is 273 g/mol. The second-order valence-electron chi connectivity index (χ2n) is 7.50. The highest BCUT2D eigenvalue weighted by molar-refractivity contribution is 5.29. The summed E-state index contributed by atoms with van der Waals surface area (Å²) in [5.41, 5.74) is 3.04. The van der Waals surface area contributed by atoms with Crippen LogP contribution in [0, 0.1) is 0 Å². The maximum Gasteiger partial charge on any atom is 0.0957 e. The third-order valence-corrected chi connectivity index (χ3v) is 4.83. The zero-order chi connectivity index (χ0) is 14.2. The lowest BCUT2D eigenvalue weighted by Gasteiger charge is -2.39. The van der Waals surface area contributed by atoms with Gasteiger partial charge in [-0.25, -0.2) is 0 Å². The third-order valence-electron chi connectivity index (χ3n) is 4.83. The lowest BCUT2D eigenvalue weighted by Crippen LogP contribution is -2.49. The highest BCUT2D eigenvalue weighted by Gasteiger charge is 2.40. The Bertz CT molecular complexity index is 451. The van der Waals surface area contributed by atoms with Crippen molar-refractivity contribution in [3.63, 3.8) is 0 Å². The first-order valence-corrected chi connectivity index (χ1v) is 7.98. The van der Waals surface area contributed by atoms with Gasteiger partial charge in [0.25, 0.3) is 0 Å². The molecule has 2 nitrogen and oxygen atoms in total. The summed E-state index contributed by atoms with van der Waals surface area (Å²) in [6, 6.07) is 9.02. The maximum absolute atomic E-state index is 6.48. The number of morpholine rings is 1. The quantitative estimate of drug-likeness (QED) is 0.836. The van der Waals surface area contributed by atoms with E-state index in [-0.39, 0.29) is 17.1 Å². The number of benzene rings is 1. The van der Waals surface area contributed by atoms with Crippen LogP contribution < -0.4 is 5.32 Å². The van der Waals surface area contributed by atoms with Gasteiger partial charge in [0, 0.05) is 13.1 Å². The summed E-state index contributed by atoms with van der Waals surface area (Å²) in [5.74, 6) is 0. The van der Waals surface area contributed by atoms with E-state index in [1.165, 1.54) is 36.8 Å². The van der Waals surface area contributed by atoms with Crippen molar-refractivity contribution in [2.45, 2.75) is 63.6 Å². The summed E-state index contributed by atoms with van der Waals surface area (Å²) in [5, 5.41) is 3.59. The first-order valence-electron chi connectivity index (χ1n) is 7.98. The SMILES string of the molecule is CC(C)(C)c1ccc(C2CNCC3(CCCC3)O2)cc1. The zero-order valence-electron chi connectivity index (χ0n) is 13.0. The smallest absolute Gasteiger partial charge is 0.0957 e. The van der Waals surface area contributed by atoms with Crippen molar-refractivity contribution >= 4 is 0 Å². The van der Waals surface area contributed by atoms with Crippen LogP contribution in [0.5, 0.6) is 0 Å². The van der Waals surface area contributed by atoms with Gasteiger partial charge in [-0.2, -0.15) is 0 Å². The van der Waals surface area contributed by atoms with Crippen LogP contribution in [0.15, 0.2) is 24.3 Å². The van der Waals surface area contributed by atoms with E-state index in [0.29, 0.717) is 0 Å². The molecule has 1 saturated heterocycles. The van der Waals surface area contributed by atoms with Crippen molar-refractivity contribution in [3.8, 4) is 0 Å². The standard InChI is InChI=1S/C18H27NO/c1-17(2,3)15-8-6-14(7-9-15)16-12-19-13-18(20-16)10-4-5-11-18/h6-9,16,19H,4-5,10-13H2,1-3H3. The second-order valence-corrected chi connectivity index (χ2v) is 7.50. The lowest BCUT2D eigenvalue weighted by atomic mass is 9.86. The third kappa shape index (κ3) is 2.77. The summed E-state index contributed by atoms with van der Waals surface area (Å²) >= 11 is 0. The van der Waals surface area contributed by atoms with Gasteiger partial charge in [0.15, 0.2) is 0 Å². The van der Waals surface area contributed by atoms with Gasteiger partial charge in [-0.15, -0.1) is 0 Å². The minimum absolute atomic E-state index is 0.117. The summed E-state index contributed by atoms with van der Waals surface area (Å²) in [4.78, 5) is 0. The minimum atomic E-state index is 0.117. The topological polar surface area (TPSA) is 21.3 Å². The summed E-state index contributed by atoms with van der Waals surface area (Å²) in [7, 11) is 0. The van der Waals surface area contributed by atoms with Crippen LogP contribution >= 0.6 is 0 Å². The minimum Gasteiger partial charge on any atom is -0.364 e. The molecule has 1 heterocycles. The Morgan fingerprint density at radius 2 is 1.75 bits per heavy atom. The molecule has 1 unspecified atom stereocenters. The maximum atomic E-state index is 6.48. The van der Waals surface area contributed by atoms with E-state index in [1.54, 1.807) is 0 Å². The first-order chi connectivity index (χ1) is 9.49. The molecular formula is C18H27NO. The van der Waals surface area contributed by atoms with Crippen LogP contribution in [-0.4, -0.2) is 18.7 Å². The van der Waals surface area contributed by atoms with Crippen molar-refractivity contribution in [1.29, 1.82) is 0 Å². The molecule has 0 aromatic heterocycles. The number of rotatable bonds is 1. The normalized spacial score (nSPS) is 26.1. The summed E-state index contributed by atoms with van der Waals surface area (Å²) in [6.45, 7) is 8.75. The first kappa shape index (κ1) is 14.1. The average molecular weight is 273 g/mol. The fourth-order valence-electron chi connectivity index (χ4n) is 3.51. The van der Waals surface area contributed by atoms with E-state index in [4.69, 9.17) is 4.74 Å². The van der Waals surface area contributed by atoms with E-state index in [2.05, 4.69) is 50.4 Å². The van der Waals surface area contributed by atoms with Crippen molar-refractivity contribution in [3.05, 3.63) is 35.4 Å². The Balaban J connectivity index is 1.75. The molecule has 2 fully saturated rings. The molecule has 110 valence electrons. The van der Waals surface area contributed by atoms with Gasteiger partial charge in [-0.1, -0.05) is 57.9 Å². The fourth-order valence-corrected chi connectivity index (χ4v) is 3.51. The van der Waals surface area contributed by atoms with Crippen molar-refractivity contribution in [2.75, 3.05) is 13.1 Å². The summed E-state index contributed by atoms with van der Waals surface area (Å²) < 4.78 is 6.48. The Morgan fingerprint density at radius 1 is 1.10 bits per heavy atom. The van der Waals surface area contributed by atoms with Crippen LogP contribution in [0.25, 0.3) is 0 Å². The predicted molar refractivity (Wildman–Crippen MR) is 83.0 cm³/mol. The number of nitrogens with one attached hydrogen (secondary N) is 1. The molecule has 1 saturated carbocycles. The molecule has 2 heteroatoms. The molecule has 0 radical (unpaired) electrons. The van der Waals surface area contributed by atoms with Crippen LogP contribution in [0.4, 0.5) is 0 Å². The molecule has 0 bridgehead atoms. The molecule has 1 N–H and O–H groups in total. The van der Waals surface area contributed by atoms with Gasteiger partial charge in [-0.3, -0.25) is 0 Å². The van der Waals surface area contributed by atoms with E-state index in [1.807, 2.05) is 0 Å². The van der Waals surface area contributed by atoms with Crippen LogP contribution in [0.2, 0.25) is 0 Å². The van der Waals surface area contributed by atoms with Crippen molar-refractivity contribution in [1.82, 2.24) is 5.32 Å². The highest BCUT2D eigenvalue weighted by atomic mass is 16.5. The van der Waals surface area contributed by atoms with Crippen LogP contribution in [0.3, 0.4) is 0 Å². The molecule has 1 aromatic carbocycles. The van der Waals surface area contributed by atoms with Crippen LogP contribution in [-0.2, 0) is 10.2 Å². The average Bonchev–Trinajstić information content (AvgIpc) is 2.86. The second kappa shape index (κ2) is 5.16. The molecule has 20 heavy (non-hydrogen) atoms. The number of hydrogen-bond donors (Lipinski definition) is 1. The van der Waals surface area contributed by atoms with E-state index >= 15 is 0 Å². The Kier molecular flexibility index (Phi) is 3.64. The Labute approximate surface area is 122 Å². The largest absolute Gasteiger partial charge is 0.364 e. The lowest BCUT2D eigenvalue weighted by molar-refractivity contribution is -0.114. The molecule has 3 rings (SSSR count). The fraction of sp³-hybridized carbons (Fsp3) is 0.667. The zero-order valence-corrected chi connectivity index (χ0v) is 13.0. The van der Waals surface area contributed by atoms with Gasteiger partial charge in [-0.05, 0) is 29.4 Å². The summed E-state index contributed by atoms with van der Waals surface area (Å²) in [6.07, 6.45) is 5.29. The molecule has 1 aliphatic heterocycles. The van der Waals surface area contributed by atoms with Crippen LogP contribution in [0.1, 0.15) is 63.7 Å². The molecule has 2 aliphatic rings. The molecule has 1 aromatic rings. The Morgan fingerprint density at radius 3 is 2.35 bits per heavy atom. The van der Waals surface area contributed by atoms with Gasteiger partial charge < -0.3 is 10.1 Å². The molecule has 1 atom stereocenters. The number of hydrogen-bond acceptors (Lipinski definition) is 2. The van der Waals surface area contributed by atoms with E-state index < -0.39 is 0 Å². The molecular weight excluding hydrogens is 246 g/mol. The predicted octanol–water partition coefficient (Wildman–Crippen LogP) is 3.96. The number of ether oxygens (including phenoxy) is 1. The molecule has 1 spiro atoms. The van der Waals surface area contributed by atoms with Gasteiger partial charge in [0.1, 0.15) is 0 Å².